The summed E-state index contributed by atoms with van der Waals surface area (Å²) in [7, 11) is 0. The van der Waals surface area contributed by atoms with Gasteiger partial charge in [0.2, 0.25) is 16.9 Å². The number of nitrogens with one attached hydrogen (secondary N) is 2. The molecule has 0 aliphatic rings. The monoisotopic (exact) mass is 346 g/mol. The fourth-order valence-electron chi connectivity index (χ4n) is 2.02. The standard InChI is InChI=1S/C17H22N4O2S/c1-4-5-6-14(22)18-12(3)15(23)19-17-21-20-16(24-17)13-9-7-11(2)8-10-13/h7-10,12H,4-6H2,1-3H3,(H,18,22)(H,19,21,23). The second-order valence-corrected chi connectivity index (χ2v) is 6.64. The predicted molar refractivity (Wildman–Crippen MR) is 95.8 cm³/mol. The van der Waals surface area contributed by atoms with Crippen molar-refractivity contribution in [3.8, 4) is 10.6 Å². The summed E-state index contributed by atoms with van der Waals surface area (Å²) in [5.41, 5.74) is 2.13. The zero-order valence-corrected chi connectivity index (χ0v) is 14.9. The molecule has 0 saturated carbocycles. The molecule has 128 valence electrons. The Kier molecular flexibility index (Phi) is 6.43. The molecule has 0 bridgehead atoms. The van der Waals surface area contributed by atoms with Crippen molar-refractivity contribution in [3.63, 3.8) is 0 Å². The van der Waals surface area contributed by atoms with E-state index in [1.54, 1.807) is 6.92 Å². The van der Waals surface area contributed by atoms with E-state index in [-0.39, 0.29) is 11.8 Å². The van der Waals surface area contributed by atoms with Gasteiger partial charge in [-0.1, -0.05) is 54.5 Å². The lowest BCUT2D eigenvalue weighted by molar-refractivity contribution is -0.126. The van der Waals surface area contributed by atoms with E-state index in [2.05, 4.69) is 20.8 Å². The van der Waals surface area contributed by atoms with Gasteiger partial charge in [-0.3, -0.25) is 14.9 Å². The number of unbranched alkanes of at least 4 members (excludes halogenated alkanes) is 1. The summed E-state index contributed by atoms with van der Waals surface area (Å²) >= 11 is 1.30. The Bertz CT molecular complexity index is 697. The number of amides is 2. The maximum atomic E-state index is 12.1. The van der Waals surface area contributed by atoms with Gasteiger partial charge in [0.1, 0.15) is 11.0 Å². The number of nitrogens with zero attached hydrogens (tertiary/aromatic N) is 2. The topological polar surface area (TPSA) is 84.0 Å². The van der Waals surface area contributed by atoms with E-state index in [4.69, 9.17) is 0 Å². The van der Waals surface area contributed by atoms with Crippen LogP contribution in [0.15, 0.2) is 24.3 Å². The molecular formula is C17H22N4O2S. The number of aryl methyl sites for hydroxylation is 1. The van der Waals surface area contributed by atoms with E-state index in [9.17, 15) is 9.59 Å². The molecule has 0 aliphatic carbocycles. The van der Waals surface area contributed by atoms with Crippen molar-refractivity contribution >= 4 is 28.3 Å². The van der Waals surface area contributed by atoms with Crippen molar-refractivity contribution in [2.45, 2.75) is 46.1 Å². The zero-order valence-electron chi connectivity index (χ0n) is 14.1. The molecule has 2 rings (SSSR count). The molecule has 2 amide bonds. The van der Waals surface area contributed by atoms with Gasteiger partial charge in [0.05, 0.1) is 0 Å². The fraction of sp³-hybridized carbons (Fsp3) is 0.412. The lowest BCUT2D eigenvalue weighted by Gasteiger charge is -2.12. The first-order valence-corrected chi connectivity index (χ1v) is 8.82. The highest BCUT2D eigenvalue weighted by Crippen LogP contribution is 2.26. The van der Waals surface area contributed by atoms with Crippen LogP contribution in [0.4, 0.5) is 5.13 Å². The van der Waals surface area contributed by atoms with Gasteiger partial charge >= 0.3 is 0 Å². The van der Waals surface area contributed by atoms with E-state index in [0.29, 0.717) is 11.6 Å². The largest absolute Gasteiger partial charge is 0.345 e. The minimum Gasteiger partial charge on any atom is -0.345 e. The SMILES string of the molecule is CCCCC(=O)NC(C)C(=O)Nc1nnc(-c2ccc(C)cc2)s1. The van der Waals surface area contributed by atoms with Gasteiger partial charge in [0.25, 0.3) is 0 Å². The molecule has 0 radical (unpaired) electrons. The molecule has 24 heavy (non-hydrogen) atoms. The van der Waals surface area contributed by atoms with Crippen LogP contribution in [0, 0.1) is 6.92 Å². The van der Waals surface area contributed by atoms with Crippen LogP contribution in [-0.2, 0) is 9.59 Å². The maximum absolute atomic E-state index is 12.1. The number of anilines is 1. The molecule has 7 heteroatoms. The first-order chi connectivity index (χ1) is 11.5. The predicted octanol–water partition coefficient (Wildman–Crippen LogP) is 3.15. The summed E-state index contributed by atoms with van der Waals surface area (Å²) in [5.74, 6) is -0.413. The van der Waals surface area contributed by atoms with Crippen molar-refractivity contribution < 1.29 is 9.59 Å². The quantitative estimate of drug-likeness (QED) is 0.806. The molecule has 1 aromatic heterocycles. The number of aromatic nitrogens is 2. The summed E-state index contributed by atoms with van der Waals surface area (Å²) in [6.07, 6.45) is 2.20. The first-order valence-electron chi connectivity index (χ1n) is 8.00. The van der Waals surface area contributed by atoms with Gasteiger partial charge in [-0.2, -0.15) is 0 Å². The summed E-state index contributed by atoms with van der Waals surface area (Å²) in [6, 6.07) is 7.34. The Morgan fingerprint density at radius 2 is 1.92 bits per heavy atom. The molecule has 1 atom stereocenters. The molecule has 0 saturated heterocycles. The third-order valence-corrected chi connectivity index (χ3v) is 4.37. The maximum Gasteiger partial charge on any atom is 0.248 e. The van der Waals surface area contributed by atoms with E-state index >= 15 is 0 Å². The number of rotatable bonds is 7. The van der Waals surface area contributed by atoms with Crippen LogP contribution < -0.4 is 10.6 Å². The van der Waals surface area contributed by atoms with Crippen molar-refractivity contribution in [2.24, 2.45) is 0 Å². The molecule has 2 aromatic rings. The van der Waals surface area contributed by atoms with E-state index in [1.807, 2.05) is 38.1 Å². The van der Waals surface area contributed by atoms with Gasteiger partial charge in [0, 0.05) is 12.0 Å². The van der Waals surface area contributed by atoms with E-state index in [0.717, 1.165) is 23.4 Å². The van der Waals surface area contributed by atoms with Gasteiger partial charge in [-0.05, 0) is 20.3 Å². The minimum atomic E-state index is -0.610. The second kappa shape index (κ2) is 8.54. The highest BCUT2D eigenvalue weighted by atomic mass is 32.1. The molecule has 0 spiro atoms. The summed E-state index contributed by atoms with van der Waals surface area (Å²) in [5, 5.41) is 14.6. The molecular weight excluding hydrogens is 324 g/mol. The molecule has 6 nitrogen and oxygen atoms in total. The van der Waals surface area contributed by atoms with Crippen LogP contribution in [0.2, 0.25) is 0 Å². The summed E-state index contributed by atoms with van der Waals surface area (Å²) in [6.45, 7) is 5.69. The Morgan fingerprint density at radius 1 is 1.21 bits per heavy atom. The third kappa shape index (κ3) is 5.13. The molecule has 0 fully saturated rings. The smallest absolute Gasteiger partial charge is 0.248 e. The molecule has 1 aromatic carbocycles. The molecule has 2 N–H and O–H groups in total. The molecule has 0 aliphatic heterocycles. The van der Waals surface area contributed by atoms with E-state index < -0.39 is 6.04 Å². The van der Waals surface area contributed by atoms with Crippen molar-refractivity contribution in [3.05, 3.63) is 29.8 Å². The number of carbonyl (C=O) groups excluding carboxylic acids is 2. The average molecular weight is 346 g/mol. The van der Waals surface area contributed by atoms with Crippen LogP contribution in [0.25, 0.3) is 10.6 Å². The average Bonchev–Trinajstić information content (AvgIpc) is 3.02. The fourth-order valence-corrected chi connectivity index (χ4v) is 2.77. The Morgan fingerprint density at radius 3 is 2.58 bits per heavy atom. The van der Waals surface area contributed by atoms with Gasteiger partial charge in [0.15, 0.2) is 0 Å². The number of benzene rings is 1. The van der Waals surface area contributed by atoms with Crippen molar-refractivity contribution in [2.75, 3.05) is 5.32 Å². The van der Waals surface area contributed by atoms with Crippen LogP contribution in [0.5, 0.6) is 0 Å². The molecule has 1 heterocycles. The lowest BCUT2D eigenvalue weighted by Crippen LogP contribution is -2.41. The van der Waals surface area contributed by atoms with E-state index in [1.165, 1.54) is 16.9 Å². The third-order valence-electron chi connectivity index (χ3n) is 3.48. The highest BCUT2D eigenvalue weighted by Gasteiger charge is 2.17. The Balaban J connectivity index is 1.92. The highest BCUT2D eigenvalue weighted by molar-refractivity contribution is 7.18. The number of hydrogen-bond acceptors (Lipinski definition) is 5. The van der Waals surface area contributed by atoms with Crippen molar-refractivity contribution in [1.29, 1.82) is 0 Å². The number of hydrogen-bond donors (Lipinski definition) is 2. The number of carbonyl (C=O) groups is 2. The van der Waals surface area contributed by atoms with Gasteiger partial charge in [-0.15, -0.1) is 10.2 Å². The normalized spacial score (nSPS) is 11.8. The minimum absolute atomic E-state index is 0.114. The molecule has 1 unspecified atom stereocenters. The summed E-state index contributed by atoms with van der Waals surface area (Å²) in [4.78, 5) is 23.8. The Labute approximate surface area is 145 Å². The van der Waals surface area contributed by atoms with Crippen LogP contribution >= 0.6 is 11.3 Å². The van der Waals surface area contributed by atoms with Crippen LogP contribution in [-0.4, -0.2) is 28.1 Å². The van der Waals surface area contributed by atoms with Crippen LogP contribution in [0.1, 0.15) is 38.7 Å². The van der Waals surface area contributed by atoms with Gasteiger partial charge in [-0.25, -0.2) is 0 Å². The zero-order chi connectivity index (χ0) is 17.5. The second-order valence-electron chi connectivity index (χ2n) is 5.66. The lowest BCUT2D eigenvalue weighted by atomic mass is 10.2. The van der Waals surface area contributed by atoms with Crippen LogP contribution in [0.3, 0.4) is 0 Å². The first kappa shape index (κ1) is 18.1. The van der Waals surface area contributed by atoms with Gasteiger partial charge < -0.3 is 5.32 Å². The summed E-state index contributed by atoms with van der Waals surface area (Å²) < 4.78 is 0. The van der Waals surface area contributed by atoms with Crippen molar-refractivity contribution in [1.82, 2.24) is 15.5 Å². The Hall–Kier alpha value is -2.28.